The van der Waals surface area contributed by atoms with Gasteiger partial charge in [0.2, 0.25) is 0 Å². The quantitative estimate of drug-likeness (QED) is 0.819. The molecule has 1 saturated heterocycles. The lowest BCUT2D eigenvalue weighted by molar-refractivity contribution is 0.0690. The van der Waals surface area contributed by atoms with E-state index in [9.17, 15) is 9.59 Å². The first-order valence-electron chi connectivity index (χ1n) is 6.34. The number of aromatic nitrogens is 3. The van der Waals surface area contributed by atoms with Gasteiger partial charge in [-0.25, -0.2) is 14.3 Å². The number of carboxylic acid groups (broad SMARTS) is 1. The highest BCUT2D eigenvalue weighted by Crippen LogP contribution is 2.17. The van der Waals surface area contributed by atoms with Crippen molar-refractivity contribution in [2.24, 2.45) is 0 Å². The van der Waals surface area contributed by atoms with Crippen LogP contribution in [-0.2, 0) is 6.54 Å². The van der Waals surface area contributed by atoms with Gasteiger partial charge in [0, 0.05) is 30.6 Å². The minimum absolute atomic E-state index is 0.0873. The third-order valence-electron chi connectivity index (χ3n) is 2.90. The van der Waals surface area contributed by atoms with Gasteiger partial charge in [0.15, 0.2) is 5.69 Å². The number of nitrogens with one attached hydrogen (secondary N) is 1. The zero-order chi connectivity index (χ0) is 14.5. The topological polar surface area (TPSA) is 100 Å². The van der Waals surface area contributed by atoms with Crippen molar-refractivity contribution in [3.63, 3.8) is 0 Å². The summed E-state index contributed by atoms with van der Waals surface area (Å²) < 4.78 is 1.40. The Morgan fingerprint density at radius 1 is 1.60 bits per heavy atom. The van der Waals surface area contributed by atoms with Crippen LogP contribution in [0.1, 0.15) is 17.4 Å². The molecular weight excluding hydrogens is 282 g/mol. The standard InChI is InChI=1S/C11H17N5O3S/c1-8-6-15(4-5-20-8)11(19)12-2-3-16-7-9(10(17)18)13-14-16/h7-8H,2-6H2,1H3,(H,12,19)(H,17,18). The smallest absolute Gasteiger partial charge is 0.358 e. The number of thioether (sulfide) groups is 1. The molecule has 1 aliphatic heterocycles. The molecule has 0 aliphatic carbocycles. The van der Waals surface area contributed by atoms with Gasteiger partial charge in [-0.2, -0.15) is 11.8 Å². The molecule has 1 atom stereocenters. The van der Waals surface area contributed by atoms with Gasteiger partial charge in [-0.3, -0.25) is 0 Å². The number of carboxylic acids is 1. The van der Waals surface area contributed by atoms with Crippen LogP contribution in [-0.4, -0.2) is 67.6 Å². The molecule has 110 valence electrons. The van der Waals surface area contributed by atoms with Crippen molar-refractivity contribution in [1.29, 1.82) is 0 Å². The molecule has 1 aromatic rings. The van der Waals surface area contributed by atoms with E-state index in [-0.39, 0.29) is 11.7 Å². The fraction of sp³-hybridized carbons (Fsp3) is 0.636. The predicted octanol–water partition coefficient (Wildman–Crippen LogP) is 0.123. The second-order valence-electron chi connectivity index (χ2n) is 4.53. The minimum Gasteiger partial charge on any atom is -0.476 e. The van der Waals surface area contributed by atoms with E-state index in [0.717, 1.165) is 18.8 Å². The molecule has 1 aromatic heterocycles. The number of hydrogen-bond donors (Lipinski definition) is 2. The molecule has 0 bridgehead atoms. The molecule has 0 radical (unpaired) electrons. The average molecular weight is 299 g/mol. The summed E-state index contributed by atoms with van der Waals surface area (Å²) in [5.74, 6) is -0.153. The van der Waals surface area contributed by atoms with Crippen molar-refractivity contribution < 1.29 is 14.7 Å². The number of urea groups is 1. The van der Waals surface area contributed by atoms with E-state index in [1.807, 2.05) is 11.8 Å². The van der Waals surface area contributed by atoms with E-state index in [4.69, 9.17) is 5.11 Å². The Balaban J connectivity index is 1.74. The van der Waals surface area contributed by atoms with Crippen LogP contribution in [0, 0.1) is 0 Å². The summed E-state index contributed by atoms with van der Waals surface area (Å²) in [6.45, 7) is 4.40. The SMILES string of the molecule is CC1CN(C(=O)NCCn2cc(C(=O)O)nn2)CCS1. The van der Waals surface area contributed by atoms with Gasteiger partial charge in [0.25, 0.3) is 0 Å². The maximum atomic E-state index is 11.9. The van der Waals surface area contributed by atoms with Gasteiger partial charge >= 0.3 is 12.0 Å². The zero-order valence-electron chi connectivity index (χ0n) is 11.2. The summed E-state index contributed by atoms with van der Waals surface area (Å²) in [5.41, 5.74) is -0.0989. The molecule has 9 heteroatoms. The third kappa shape index (κ3) is 3.86. The highest BCUT2D eigenvalue weighted by Gasteiger charge is 2.20. The Morgan fingerprint density at radius 3 is 3.05 bits per heavy atom. The van der Waals surface area contributed by atoms with Crippen LogP contribution in [0.15, 0.2) is 6.20 Å². The van der Waals surface area contributed by atoms with Crippen LogP contribution < -0.4 is 5.32 Å². The number of nitrogens with zero attached hydrogens (tertiary/aromatic N) is 4. The van der Waals surface area contributed by atoms with Crippen molar-refractivity contribution in [1.82, 2.24) is 25.2 Å². The first kappa shape index (κ1) is 14.6. The second kappa shape index (κ2) is 6.60. The molecule has 2 rings (SSSR count). The summed E-state index contributed by atoms with van der Waals surface area (Å²) in [5, 5.41) is 19.2. The summed E-state index contributed by atoms with van der Waals surface area (Å²) in [7, 11) is 0. The number of rotatable bonds is 4. The van der Waals surface area contributed by atoms with E-state index in [1.54, 1.807) is 4.90 Å². The van der Waals surface area contributed by atoms with Crippen molar-refractivity contribution >= 4 is 23.8 Å². The molecule has 8 nitrogen and oxygen atoms in total. The normalized spacial score (nSPS) is 18.9. The van der Waals surface area contributed by atoms with E-state index in [0.29, 0.717) is 18.3 Å². The van der Waals surface area contributed by atoms with Crippen molar-refractivity contribution in [3.05, 3.63) is 11.9 Å². The molecular formula is C11H17N5O3S. The second-order valence-corrected chi connectivity index (χ2v) is 6.08. The first-order chi connectivity index (χ1) is 9.56. The Kier molecular flexibility index (Phi) is 4.83. The van der Waals surface area contributed by atoms with Crippen LogP contribution in [0.5, 0.6) is 0 Å². The molecule has 0 spiro atoms. The average Bonchev–Trinajstić information content (AvgIpc) is 2.87. The van der Waals surface area contributed by atoms with E-state index < -0.39 is 5.97 Å². The van der Waals surface area contributed by atoms with E-state index in [2.05, 4.69) is 22.6 Å². The van der Waals surface area contributed by atoms with E-state index in [1.165, 1.54) is 10.9 Å². The van der Waals surface area contributed by atoms with Crippen LogP contribution in [0.25, 0.3) is 0 Å². The summed E-state index contributed by atoms with van der Waals surface area (Å²) >= 11 is 1.87. The van der Waals surface area contributed by atoms with E-state index >= 15 is 0 Å². The maximum Gasteiger partial charge on any atom is 0.358 e. The fourth-order valence-electron chi connectivity index (χ4n) is 1.90. The monoisotopic (exact) mass is 299 g/mol. The number of carbonyl (C=O) groups excluding carboxylic acids is 1. The first-order valence-corrected chi connectivity index (χ1v) is 7.39. The Labute approximate surface area is 120 Å². The molecule has 2 heterocycles. The molecule has 2 amide bonds. The molecule has 0 aromatic carbocycles. The number of amides is 2. The number of aromatic carboxylic acids is 1. The minimum atomic E-state index is -1.11. The van der Waals surface area contributed by atoms with Gasteiger partial charge in [0.1, 0.15) is 0 Å². The van der Waals surface area contributed by atoms with Crippen LogP contribution in [0.2, 0.25) is 0 Å². The van der Waals surface area contributed by atoms with Crippen LogP contribution in [0.4, 0.5) is 4.79 Å². The predicted molar refractivity (Wildman–Crippen MR) is 73.9 cm³/mol. The molecule has 20 heavy (non-hydrogen) atoms. The number of carbonyl (C=O) groups is 2. The van der Waals surface area contributed by atoms with Gasteiger partial charge in [0.05, 0.1) is 12.7 Å². The third-order valence-corrected chi connectivity index (χ3v) is 4.04. The molecule has 0 saturated carbocycles. The van der Waals surface area contributed by atoms with Gasteiger partial charge in [-0.05, 0) is 0 Å². The molecule has 1 unspecified atom stereocenters. The van der Waals surface area contributed by atoms with Crippen LogP contribution >= 0.6 is 11.8 Å². The van der Waals surface area contributed by atoms with Gasteiger partial charge < -0.3 is 15.3 Å². The molecule has 1 aliphatic rings. The summed E-state index contributed by atoms with van der Waals surface area (Å²) in [6.07, 6.45) is 1.34. The Morgan fingerprint density at radius 2 is 2.40 bits per heavy atom. The Hall–Kier alpha value is -1.77. The van der Waals surface area contributed by atoms with Crippen molar-refractivity contribution in [2.45, 2.75) is 18.7 Å². The summed E-state index contributed by atoms with van der Waals surface area (Å²) in [6, 6.07) is -0.0873. The van der Waals surface area contributed by atoms with Gasteiger partial charge in [-0.1, -0.05) is 12.1 Å². The highest BCUT2D eigenvalue weighted by atomic mass is 32.2. The molecule has 1 fully saturated rings. The largest absolute Gasteiger partial charge is 0.476 e. The van der Waals surface area contributed by atoms with Crippen LogP contribution in [0.3, 0.4) is 0 Å². The molecule has 2 N–H and O–H groups in total. The summed E-state index contributed by atoms with van der Waals surface area (Å²) in [4.78, 5) is 24.3. The van der Waals surface area contributed by atoms with Crippen molar-refractivity contribution in [3.8, 4) is 0 Å². The number of hydrogen-bond acceptors (Lipinski definition) is 5. The maximum absolute atomic E-state index is 11.9. The van der Waals surface area contributed by atoms with Gasteiger partial charge in [-0.15, -0.1) is 5.10 Å². The lowest BCUT2D eigenvalue weighted by Crippen LogP contribution is -2.47. The van der Waals surface area contributed by atoms with Crippen molar-refractivity contribution in [2.75, 3.05) is 25.4 Å². The lowest BCUT2D eigenvalue weighted by atomic mass is 10.4. The highest BCUT2D eigenvalue weighted by molar-refractivity contribution is 7.99. The fourth-order valence-corrected chi connectivity index (χ4v) is 2.91. The Bertz CT molecular complexity index is 492. The zero-order valence-corrected chi connectivity index (χ0v) is 12.0. The lowest BCUT2D eigenvalue weighted by Gasteiger charge is -2.30.